The van der Waals surface area contributed by atoms with Crippen LogP contribution in [0.1, 0.15) is 17.3 Å². The minimum absolute atomic E-state index is 0.0639. The Morgan fingerprint density at radius 1 is 1.16 bits per heavy atom. The van der Waals surface area contributed by atoms with Crippen LogP contribution in [0, 0.1) is 0 Å². The number of nitrogens with zero attached hydrogens (tertiary/aromatic N) is 3. The topological polar surface area (TPSA) is 98.1 Å². The Kier molecular flexibility index (Phi) is 5.25. The number of esters is 1. The summed E-state index contributed by atoms with van der Waals surface area (Å²) in [5.74, 6) is -2.84. The number of halogens is 3. The van der Waals surface area contributed by atoms with Gasteiger partial charge in [-0.05, 0) is 19.1 Å². The van der Waals surface area contributed by atoms with Crippen molar-refractivity contribution < 1.29 is 27.5 Å². The molecule has 0 spiro atoms. The number of benzene rings is 1. The Morgan fingerprint density at radius 2 is 1.76 bits per heavy atom. The zero-order valence-corrected chi connectivity index (χ0v) is 12.9. The molecular weight excluding hydrogens is 343 g/mol. The molecule has 1 atom stereocenters. The maximum Gasteiger partial charge on any atom is 0.443 e. The van der Waals surface area contributed by atoms with Crippen molar-refractivity contribution in [2.24, 2.45) is 0 Å². The predicted octanol–water partition coefficient (Wildman–Crippen LogP) is 1.07. The molecule has 0 aliphatic rings. The molecule has 0 bridgehead atoms. The number of alkyl halides is 3. The lowest BCUT2D eigenvalue weighted by Gasteiger charge is -2.35. The summed E-state index contributed by atoms with van der Waals surface area (Å²) in [7, 11) is 0. The average Bonchev–Trinajstić information content (AvgIpc) is 3.07. The van der Waals surface area contributed by atoms with Gasteiger partial charge >= 0.3 is 17.8 Å². The Bertz CT molecular complexity index is 721. The number of hydrogen-bond donors (Lipinski definition) is 2. The van der Waals surface area contributed by atoms with Crippen LogP contribution in [-0.2, 0) is 9.53 Å². The van der Waals surface area contributed by atoms with Crippen molar-refractivity contribution in [1.29, 1.82) is 0 Å². The van der Waals surface area contributed by atoms with E-state index in [1.54, 1.807) is 11.4 Å². The SMILES string of the molecule is CCOC(=O)[C@](NC(=O)c1ccccc1)(Nn1cnnc1)C(F)(F)F. The van der Waals surface area contributed by atoms with Crippen LogP contribution in [0.4, 0.5) is 13.2 Å². The number of hydrogen-bond acceptors (Lipinski definition) is 6. The van der Waals surface area contributed by atoms with Gasteiger partial charge in [0.05, 0.1) is 6.61 Å². The van der Waals surface area contributed by atoms with Crippen molar-refractivity contribution in [1.82, 2.24) is 20.2 Å². The molecule has 11 heteroatoms. The summed E-state index contributed by atoms with van der Waals surface area (Å²) in [6.07, 6.45) is -3.43. The fourth-order valence-corrected chi connectivity index (χ4v) is 1.90. The molecule has 0 saturated heterocycles. The van der Waals surface area contributed by atoms with Crippen molar-refractivity contribution in [3.63, 3.8) is 0 Å². The van der Waals surface area contributed by atoms with Crippen LogP contribution in [-0.4, -0.2) is 45.2 Å². The molecule has 0 aliphatic heterocycles. The van der Waals surface area contributed by atoms with Crippen LogP contribution in [0.15, 0.2) is 43.0 Å². The van der Waals surface area contributed by atoms with Crippen LogP contribution < -0.4 is 10.7 Å². The van der Waals surface area contributed by atoms with Crippen molar-refractivity contribution in [3.8, 4) is 0 Å². The molecule has 2 N–H and O–H groups in total. The molecule has 0 unspecified atom stereocenters. The number of nitrogens with one attached hydrogen (secondary N) is 2. The average molecular weight is 357 g/mol. The summed E-state index contributed by atoms with van der Waals surface area (Å²) >= 11 is 0. The molecule has 1 aromatic heterocycles. The first-order valence-corrected chi connectivity index (χ1v) is 7.04. The molecule has 25 heavy (non-hydrogen) atoms. The second-order valence-electron chi connectivity index (χ2n) is 4.77. The molecule has 0 saturated carbocycles. The summed E-state index contributed by atoms with van der Waals surface area (Å²) in [5.41, 5.74) is -1.74. The lowest BCUT2D eigenvalue weighted by atomic mass is 10.1. The highest BCUT2D eigenvalue weighted by atomic mass is 19.4. The Morgan fingerprint density at radius 3 is 2.28 bits per heavy atom. The van der Waals surface area contributed by atoms with E-state index in [1.165, 1.54) is 31.2 Å². The zero-order valence-electron chi connectivity index (χ0n) is 12.9. The smallest absolute Gasteiger partial charge is 0.443 e. The van der Waals surface area contributed by atoms with Gasteiger partial charge in [-0.1, -0.05) is 18.2 Å². The minimum Gasteiger partial charge on any atom is -0.463 e. The van der Waals surface area contributed by atoms with Gasteiger partial charge in [0.1, 0.15) is 12.7 Å². The largest absolute Gasteiger partial charge is 0.463 e. The molecule has 1 aromatic carbocycles. The van der Waals surface area contributed by atoms with Crippen LogP contribution in [0.3, 0.4) is 0 Å². The minimum atomic E-state index is -5.23. The van der Waals surface area contributed by atoms with Crippen molar-refractivity contribution in [2.75, 3.05) is 12.0 Å². The highest BCUT2D eigenvalue weighted by Gasteiger charge is 2.64. The Balaban J connectivity index is 2.45. The lowest BCUT2D eigenvalue weighted by molar-refractivity contribution is -0.206. The number of carbonyl (C=O) groups is 2. The molecule has 0 radical (unpaired) electrons. The quantitative estimate of drug-likeness (QED) is 0.593. The van der Waals surface area contributed by atoms with E-state index >= 15 is 0 Å². The van der Waals surface area contributed by atoms with Crippen LogP contribution in [0.5, 0.6) is 0 Å². The third-order valence-corrected chi connectivity index (χ3v) is 3.06. The first-order valence-electron chi connectivity index (χ1n) is 7.04. The fraction of sp³-hybridized carbons (Fsp3) is 0.286. The lowest BCUT2D eigenvalue weighted by Crippen LogP contribution is -2.71. The van der Waals surface area contributed by atoms with Crippen LogP contribution in [0.25, 0.3) is 0 Å². The van der Waals surface area contributed by atoms with Gasteiger partial charge in [-0.2, -0.15) is 13.2 Å². The van der Waals surface area contributed by atoms with Gasteiger partial charge in [-0.3, -0.25) is 10.2 Å². The van der Waals surface area contributed by atoms with E-state index in [0.717, 1.165) is 12.7 Å². The fourth-order valence-electron chi connectivity index (χ4n) is 1.90. The first kappa shape index (κ1) is 18.2. The molecule has 8 nitrogen and oxygen atoms in total. The summed E-state index contributed by atoms with van der Waals surface area (Å²) in [5, 5.41) is 8.38. The number of aromatic nitrogens is 3. The summed E-state index contributed by atoms with van der Waals surface area (Å²) in [6, 6.07) is 7.15. The van der Waals surface area contributed by atoms with E-state index in [0.29, 0.717) is 4.68 Å². The molecule has 2 rings (SSSR count). The zero-order chi connectivity index (χ0) is 18.5. The third-order valence-electron chi connectivity index (χ3n) is 3.06. The van der Waals surface area contributed by atoms with Crippen LogP contribution in [0.2, 0.25) is 0 Å². The highest BCUT2D eigenvalue weighted by molar-refractivity contribution is 5.98. The monoisotopic (exact) mass is 357 g/mol. The molecule has 2 aromatic rings. The first-order chi connectivity index (χ1) is 11.8. The molecule has 0 aliphatic carbocycles. The summed E-state index contributed by atoms with van der Waals surface area (Å²) in [6.45, 7) is 1.03. The number of ether oxygens (including phenoxy) is 1. The van der Waals surface area contributed by atoms with Gasteiger partial charge in [0.25, 0.3) is 5.91 Å². The predicted molar refractivity (Wildman–Crippen MR) is 78.7 cm³/mol. The molecule has 134 valence electrons. The maximum atomic E-state index is 13.8. The van der Waals surface area contributed by atoms with Gasteiger partial charge < -0.3 is 10.1 Å². The second-order valence-corrected chi connectivity index (χ2v) is 4.77. The van der Waals surface area contributed by atoms with E-state index in [9.17, 15) is 22.8 Å². The van der Waals surface area contributed by atoms with Crippen molar-refractivity contribution in [3.05, 3.63) is 48.5 Å². The third kappa shape index (κ3) is 3.87. The second kappa shape index (κ2) is 7.20. The van der Waals surface area contributed by atoms with E-state index in [1.807, 2.05) is 5.43 Å². The summed E-state index contributed by atoms with van der Waals surface area (Å²) < 4.78 is 46.6. The summed E-state index contributed by atoms with van der Waals surface area (Å²) in [4.78, 5) is 24.4. The molecular formula is C14H14F3N5O3. The standard InChI is InChI=1S/C14H14F3N5O3/c1-2-25-12(24)13(14(15,16)17,21-22-8-18-19-9-22)20-11(23)10-6-4-3-5-7-10/h3-9,21H,2H2,1H3,(H,20,23)/t13-/m0/s1. The maximum absolute atomic E-state index is 13.8. The Hall–Kier alpha value is -3.11. The van der Waals surface area contributed by atoms with Gasteiger partial charge in [0.15, 0.2) is 0 Å². The van der Waals surface area contributed by atoms with Gasteiger partial charge in [-0.25, -0.2) is 9.47 Å². The molecule has 1 amide bonds. The van der Waals surface area contributed by atoms with Crippen molar-refractivity contribution >= 4 is 11.9 Å². The van der Waals surface area contributed by atoms with E-state index < -0.39 is 23.7 Å². The van der Waals surface area contributed by atoms with Gasteiger partial charge in [0, 0.05) is 5.56 Å². The van der Waals surface area contributed by atoms with Crippen LogP contribution >= 0.6 is 0 Å². The normalized spacial score (nSPS) is 13.6. The number of carbonyl (C=O) groups excluding carboxylic acids is 2. The molecule has 1 heterocycles. The van der Waals surface area contributed by atoms with E-state index in [2.05, 4.69) is 14.9 Å². The van der Waals surface area contributed by atoms with Crippen molar-refractivity contribution in [2.45, 2.75) is 18.8 Å². The van der Waals surface area contributed by atoms with E-state index in [4.69, 9.17) is 0 Å². The number of amides is 1. The Labute approximate surface area is 140 Å². The molecule has 0 fully saturated rings. The highest BCUT2D eigenvalue weighted by Crippen LogP contribution is 2.31. The van der Waals surface area contributed by atoms with E-state index in [-0.39, 0.29) is 12.2 Å². The van der Waals surface area contributed by atoms with Gasteiger partial charge in [0.2, 0.25) is 0 Å². The van der Waals surface area contributed by atoms with Gasteiger partial charge in [-0.15, -0.1) is 10.2 Å². The number of rotatable bonds is 6.